The Balaban J connectivity index is 2.02. The molecule has 0 aromatic heterocycles. The van der Waals surface area contributed by atoms with Crippen molar-refractivity contribution in [2.24, 2.45) is 29.1 Å². The molecule has 24 heavy (non-hydrogen) atoms. The Hall–Kier alpha value is -0.900. The number of hydrogen-bond donors (Lipinski definition) is 1. The number of carbonyl (C=O) groups excluding carboxylic acids is 2. The van der Waals surface area contributed by atoms with E-state index in [1.54, 1.807) is 13.8 Å². The lowest BCUT2D eigenvalue weighted by Crippen LogP contribution is -2.42. The van der Waals surface area contributed by atoms with Gasteiger partial charge in [0.05, 0.1) is 24.5 Å². The van der Waals surface area contributed by atoms with Gasteiger partial charge in [0, 0.05) is 5.92 Å². The van der Waals surface area contributed by atoms with Crippen LogP contribution in [0.5, 0.6) is 0 Å². The molecule has 2 aliphatic rings. The second kappa shape index (κ2) is 7.99. The van der Waals surface area contributed by atoms with Crippen molar-refractivity contribution < 1.29 is 19.4 Å². The van der Waals surface area contributed by atoms with E-state index in [0.717, 1.165) is 18.8 Å². The summed E-state index contributed by atoms with van der Waals surface area (Å²) >= 11 is 0. The molecule has 4 heteroatoms. The summed E-state index contributed by atoms with van der Waals surface area (Å²) in [6.45, 7) is 8.09. The maximum absolute atomic E-state index is 12.8. The Morgan fingerprint density at radius 2 is 1.71 bits per heavy atom. The van der Waals surface area contributed by atoms with Gasteiger partial charge in [0.15, 0.2) is 0 Å². The van der Waals surface area contributed by atoms with Crippen LogP contribution in [0.4, 0.5) is 0 Å². The molecule has 1 saturated carbocycles. The topological polar surface area (TPSA) is 63.6 Å². The van der Waals surface area contributed by atoms with Crippen LogP contribution >= 0.6 is 0 Å². The van der Waals surface area contributed by atoms with Crippen LogP contribution in [0, 0.1) is 29.1 Å². The standard InChI is InChI=1S/C20H34O4/c1-13-6-5-7-15-11-16(15)8-9-24-18(22)12-17(21)20(3,4)19(23)14(2)10-13/h13-17,21H,5-12H2,1-4H3/t13-,14+,15+,16-,17-/m0/s1. The molecule has 5 atom stereocenters. The third kappa shape index (κ3) is 5.05. The van der Waals surface area contributed by atoms with Gasteiger partial charge in [-0.1, -0.05) is 47.0 Å². The van der Waals surface area contributed by atoms with Crippen molar-refractivity contribution in [1.82, 2.24) is 0 Å². The van der Waals surface area contributed by atoms with E-state index >= 15 is 0 Å². The highest BCUT2D eigenvalue weighted by atomic mass is 16.5. The zero-order valence-corrected chi connectivity index (χ0v) is 15.7. The van der Waals surface area contributed by atoms with E-state index in [2.05, 4.69) is 6.92 Å². The van der Waals surface area contributed by atoms with Crippen molar-refractivity contribution in [3.05, 3.63) is 0 Å². The van der Waals surface area contributed by atoms with Gasteiger partial charge in [0.25, 0.3) is 0 Å². The first-order valence-electron chi connectivity index (χ1n) is 9.59. The van der Waals surface area contributed by atoms with Crippen LogP contribution in [-0.4, -0.2) is 29.6 Å². The van der Waals surface area contributed by atoms with Crippen LogP contribution in [0.3, 0.4) is 0 Å². The van der Waals surface area contributed by atoms with E-state index in [0.29, 0.717) is 18.4 Å². The predicted octanol–water partition coefficient (Wildman–Crippen LogP) is 3.75. The number of ketones is 1. The lowest BCUT2D eigenvalue weighted by atomic mass is 9.74. The number of rotatable bonds is 0. The number of esters is 1. The average Bonchev–Trinajstić information content (AvgIpc) is 3.23. The van der Waals surface area contributed by atoms with Gasteiger partial charge in [-0.3, -0.25) is 9.59 Å². The SMILES string of the molecule is C[C@H]1CCC[C@@H]2C[C@@H]2CCOC(=O)C[C@H](O)C(C)(C)C(=O)[C@H](C)C1. The van der Waals surface area contributed by atoms with Crippen molar-refractivity contribution in [2.45, 2.75) is 78.7 Å². The predicted molar refractivity (Wildman–Crippen MR) is 93.4 cm³/mol. The van der Waals surface area contributed by atoms with E-state index < -0.39 is 17.5 Å². The van der Waals surface area contributed by atoms with Crippen molar-refractivity contribution in [1.29, 1.82) is 0 Å². The van der Waals surface area contributed by atoms with Gasteiger partial charge in [0.1, 0.15) is 5.78 Å². The minimum Gasteiger partial charge on any atom is -0.466 e. The van der Waals surface area contributed by atoms with Crippen LogP contribution in [0.25, 0.3) is 0 Å². The van der Waals surface area contributed by atoms with Gasteiger partial charge in [0.2, 0.25) is 0 Å². The highest BCUT2D eigenvalue weighted by Crippen LogP contribution is 2.45. The molecule has 0 radical (unpaired) electrons. The summed E-state index contributed by atoms with van der Waals surface area (Å²) in [5.41, 5.74) is -0.920. The normalized spacial score (nSPS) is 39.0. The molecule has 4 nitrogen and oxygen atoms in total. The Morgan fingerprint density at radius 3 is 2.42 bits per heavy atom. The molecular formula is C20H34O4. The van der Waals surface area contributed by atoms with Gasteiger partial charge in [-0.05, 0) is 37.0 Å². The molecule has 2 rings (SSSR count). The zero-order chi connectivity index (χ0) is 17.9. The summed E-state index contributed by atoms with van der Waals surface area (Å²) in [6, 6.07) is 0. The molecule has 2 fully saturated rings. The highest BCUT2D eigenvalue weighted by Gasteiger charge is 2.40. The summed E-state index contributed by atoms with van der Waals surface area (Å²) in [7, 11) is 0. The Bertz CT molecular complexity index is 457. The number of cyclic esters (lactones) is 1. The monoisotopic (exact) mass is 338 g/mol. The number of Topliss-reactive ketones (excluding diaryl/α,β-unsaturated/α-hetero) is 1. The van der Waals surface area contributed by atoms with Crippen LogP contribution in [0.1, 0.15) is 72.6 Å². The minimum absolute atomic E-state index is 0.0454. The molecule has 1 aliphatic carbocycles. The lowest BCUT2D eigenvalue weighted by molar-refractivity contribution is -0.150. The summed E-state index contributed by atoms with van der Waals surface area (Å²) in [5.74, 6) is 1.59. The maximum atomic E-state index is 12.8. The van der Waals surface area contributed by atoms with Gasteiger partial charge >= 0.3 is 5.97 Å². The van der Waals surface area contributed by atoms with Crippen LogP contribution in [0.15, 0.2) is 0 Å². The molecule has 0 amide bonds. The van der Waals surface area contributed by atoms with Crippen LogP contribution < -0.4 is 0 Å². The quantitative estimate of drug-likeness (QED) is 0.683. The molecule has 0 unspecified atom stereocenters. The number of carbonyl (C=O) groups is 2. The summed E-state index contributed by atoms with van der Waals surface area (Å²) in [5, 5.41) is 10.4. The van der Waals surface area contributed by atoms with Gasteiger partial charge in [-0.15, -0.1) is 0 Å². The number of aliphatic hydroxyl groups excluding tert-OH is 1. The fraction of sp³-hybridized carbons (Fsp3) is 0.900. The minimum atomic E-state index is -0.989. The van der Waals surface area contributed by atoms with Crippen molar-refractivity contribution >= 4 is 11.8 Å². The molecule has 1 heterocycles. The molecule has 0 aromatic rings. The molecule has 0 bridgehead atoms. The molecule has 0 aromatic carbocycles. The molecule has 1 N–H and O–H groups in total. The highest BCUT2D eigenvalue weighted by molar-refractivity contribution is 5.87. The molecular weight excluding hydrogens is 304 g/mol. The van der Waals surface area contributed by atoms with Crippen molar-refractivity contribution in [3.8, 4) is 0 Å². The van der Waals surface area contributed by atoms with E-state index in [1.165, 1.54) is 25.7 Å². The fourth-order valence-corrected chi connectivity index (χ4v) is 4.17. The Kier molecular flexibility index (Phi) is 6.46. The number of aliphatic hydroxyl groups is 1. The Labute approximate surface area is 146 Å². The van der Waals surface area contributed by atoms with E-state index in [-0.39, 0.29) is 18.1 Å². The summed E-state index contributed by atoms with van der Waals surface area (Å²) in [6.07, 6.45) is 5.60. The Morgan fingerprint density at radius 1 is 1.04 bits per heavy atom. The average molecular weight is 338 g/mol. The van der Waals surface area contributed by atoms with Crippen molar-refractivity contribution in [2.75, 3.05) is 6.61 Å². The second-order valence-electron chi connectivity index (χ2n) is 8.74. The lowest BCUT2D eigenvalue weighted by Gasteiger charge is -2.32. The number of hydrogen-bond acceptors (Lipinski definition) is 4. The maximum Gasteiger partial charge on any atom is 0.308 e. The van der Waals surface area contributed by atoms with Crippen molar-refractivity contribution in [3.63, 3.8) is 0 Å². The summed E-state index contributed by atoms with van der Waals surface area (Å²) < 4.78 is 5.27. The molecule has 138 valence electrons. The van der Waals surface area contributed by atoms with Crippen LogP contribution in [0.2, 0.25) is 0 Å². The molecule has 1 saturated heterocycles. The smallest absolute Gasteiger partial charge is 0.308 e. The third-order valence-electron chi connectivity index (χ3n) is 6.12. The summed E-state index contributed by atoms with van der Waals surface area (Å²) in [4.78, 5) is 24.7. The van der Waals surface area contributed by atoms with E-state index in [1.807, 2.05) is 6.92 Å². The van der Waals surface area contributed by atoms with Gasteiger partial charge in [-0.2, -0.15) is 0 Å². The first-order chi connectivity index (χ1) is 11.2. The molecule has 1 aliphatic heterocycles. The van der Waals surface area contributed by atoms with E-state index in [4.69, 9.17) is 4.74 Å². The zero-order valence-electron chi connectivity index (χ0n) is 15.7. The van der Waals surface area contributed by atoms with E-state index in [9.17, 15) is 14.7 Å². The van der Waals surface area contributed by atoms with Gasteiger partial charge in [-0.25, -0.2) is 0 Å². The van der Waals surface area contributed by atoms with Crippen LogP contribution in [-0.2, 0) is 14.3 Å². The fourth-order valence-electron chi connectivity index (χ4n) is 4.17. The molecule has 0 spiro atoms. The number of ether oxygens (including phenoxy) is 1. The third-order valence-corrected chi connectivity index (χ3v) is 6.12. The number of fused-ring (bicyclic) bond motifs is 1. The van der Waals surface area contributed by atoms with Gasteiger partial charge < -0.3 is 9.84 Å². The first kappa shape index (κ1) is 19.4. The largest absolute Gasteiger partial charge is 0.466 e. The second-order valence-corrected chi connectivity index (χ2v) is 8.74. The first-order valence-corrected chi connectivity index (χ1v) is 9.59.